The molecule has 0 aliphatic rings. The molecule has 5 nitrogen and oxygen atoms in total. The van der Waals surface area contributed by atoms with Crippen LogP contribution in [0.25, 0.3) is 0 Å². The van der Waals surface area contributed by atoms with Gasteiger partial charge in [-0.1, -0.05) is 0 Å². The second kappa shape index (κ2) is 33.9. The molecule has 0 aromatic rings. The van der Waals surface area contributed by atoms with E-state index in [0.29, 0.717) is 0 Å². The standard InChI is InChI=1S/4C4H9.2C2H4O2.O.2Sn/c4*1-3-4-2;2*1-2(3)4;;;/h4*1,3-4H2,2H3;2*1H3,(H,3,4);;;/q;;;;;;;;+2/p-2. The van der Waals surface area contributed by atoms with Crippen molar-refractivity contribution in [1.82, 2.24) is 0 Å². The fraction of sp³-hybridized carbons (Fsp3) is 0.900. The molecule has 0 aliphatic carbocycles. The average molecular weight is 600 g/mol. The SMILES string of the molecule is CC(=O)[O-].CC(=O)[O-].CCC[CH2][Sn+2][CH2]CCC.CCC[CH2][Sn](=[O])[CH2]CCC. The monoisotopic (exact) mass is 602 g/mol. The van der Waals surface area contributed by atoms with Crippen molar-refractivity contribution in [3.05, 3.63) is 0 Å². The number of unbranched alkanes of at least 4 members (excludes halogenated alkanes) is 4. The second-order valence-electron chi connectivity index (χ2n) is 6.19. The summed E-state index contributed by atoms with van der Waals surface area (Å²) in [6.45, 7) is 10.9. The molecule has 7 heteroatoms. The zero-order valence-electron chi connectivity index (χ0n) is 18.5. The Bertz CT molecular complexity index is 287. The summed E-state index contributed by atoms with van der Waals surface area (Å²) < 4.78 is 16.7. The van der Waals surface area contributed by atoms with Crippen LogP contribution in [0.4, 0.5) is 0 Å². The van der Waals surface area contributed by atoms with Gasteiger partial charge < -0.3 is 19.8 Å². The normalized spacial score (nSPS) is 8.52. The van der Waals surface area contributed by atoms with Crippen molar-refractivity contribution in [1.29, 1.82) is 0 Å². The van der Waals surface area contributed by atoms with Crippen molar-refractivity contribution in [2.75, 3.05) is 0 Å². The van der Waals surface area contributed by atoms with E-state index in [2.05, 4.69) is 27.7 Å². The van der Waals surface area contributed by atoms with E-state index in [1.807, 2.05) is 0 Å². The molecular weight excluding hydrogens is 558 g/mol. The van der Waals surface area contributed by atoms with E-state index < -0.39 is 31.7 Å². The van der Waals surface area contributed by atoms with Crippen molar-refractivity contribution in [3.8, 4) is 0 Å². The molecule has 0 rings (SSSR count). The van der Waals surface area contributed by atoms with Crippen LogP contribution in [0.2, 0.25) is 17.7 Å². The van der Waals surface area contributed by atoms with Crippen molar-refractivity contribution >= 4 is 52.8 Å². The Morgan fingerprint density at radius 2 is 0.963 bits per heavy atom. The van der Waals surface area contributed by atoms with Crippen LogP contribution in [0.1, 0.15) is 92.9 Å². The van der Waals surface area contributed by atoms with Gasteiger partial charge in [0.2, 0.25) is 0 Å². The summed E-state index contributed by atoms with van der Waals surface area (Å²) in [5, 5.41) is 17.8. The number of hydrogen-bond donors (Lipinski definition) is 0. The van der Waals surface area contributed by atoms with Crippen LogP contribution >= 0.6 is 0 Å². The molecule has 0 heterocycles. The van der Waals surface area contributed by atoms with E-state index in [1.165, 1.54) is 51.4 Å². The van der Waals surface area contributed by atoms with Gasteiger partial charge in [-0.15, -0.1) is 0 Å². The Balaban J connectivity index is -0.000000142. The number of hydrogen-bond acceptors (Lipinski definition) is 5. The van der Waals surface area contributed by atoms with Gasteiger partial charge in [-0.25, -0.2) is 0 Å². The maximum atomic E-state index is 11.2. The van der Waals surface area contributed by atoms with Crippen LogP contribution in [-0.2, 0) is 12.7 Å². The van der Waals surface area contributed by atoms with Crippen molar-refractivity contribution in [3.63, 3.8) is 0 Å². The first-order valence-electron chi connectivity index (χ1n) is 10.3. The first-order chi connectivity index (χ1) is 12.7. The van der Waals surface area contributed by atoms with Crippen molar-refractivity contribution in [2.45, 2.75) is 111 Å². The zero-order valence-corrected chi connectivity index (χ0v) is 24.2. The number of carbonyl (C=O) groups excluding carboxylic acids is 2. The van der Waals surface area contributed by atoms with Gasteiger partial charge in [0.05, 0.1) is 0 Å². The first-order valence-corrected chi connectivity index (χ1v) is 19.5. The maximum absolute atomic E-state index is 11.2. The molecule has 0 saturated heterocycles. The molecule has 0 amide bonds. The van der Waals surface area contributed by atoms with Crippen LogP contribution in [-0.4, -0.2) is 52.8 Å². The Hall–Kier alpha value is 0.337. The van der Waals surface area contributed by atoms with Crippen molar-refractivity contribution in [2.24, 2.45) is 0 Å². The van der Waals surface area contributed by atoms with E-state index in [4.69, 9.17) is 19.8 Å². The van der Waals surface area contributed by atoms with Crippen LogP contribution in [0.5, 0.6) is 0 Å². The number of carboxylic acid groups (broad SMARTS) is 2. The number of aliphatic carboxylic acids is 2. The molecule has 0 unspecified atom stereocenters. The van der Waals surface area contributed by atoms with Crippen molar-refractivity contribution < 1.29 is 22.9 Å². The summed E-state index contributed by atoms with van der Waals surface area (Å²) in [5.41, 5.74) is 0. The van der Waals surface area contributed by atoms with E-state index in [-0.39, 0.29) is 21.1 Å². The summed E-state index contributed by atoms with van der Waals surface area (Å²) in [6, 6.07) is 0. The predicted molar refractivity (Wildman–Crippen MR) is 112 cm³/mol. The van der Waals surface area contributed by atoms with Gasteiger partial charge in [0, 0.05) is 11.9 Å². The van der Waals surface area contributed by atoms with Gasteiger partial charge in [-0.05, 0) is 13.8 Å². The molecule has 0 radical (unpaired) electrons. The molecule has 160 valence electrons. The molecule has 0 aromatic carbocycles. The molecule has 0 bridgehead atoms. The summed E-state index contributed by atoms with van der Waals surface area (Å²) in [4.78, 5) is 17.8. The fourth-order valence-corrected chi connectivity index (χ4v) is 10.7. The third-order valence-corrected chi connectivity index (χ3v) is 12.3. The van der Waals surface area contributed by atoms with Gasteiger partial charge in [0.15, 0.2) is 0 Å². The van der Waals surface area contributed by atoms with E-state index >= 15 is 0 Å². The number of carboxylic acids is 2. The van der Waals surface area contributed by atoms with Gasteiger partial charge in [-0.3, -0.25) is 0 Å². The van der Waals surface area contributed by atoms with Crippen LogP contribution in [0, 0.1) is 0 Å². The van der Waals surface area contributed by atoms with Crippen LogP contribution in [0.3, 0.4) is 0 Å². The van der Waals surface area contributed by atoms with Gasteiger partial charge in [0.25, 0.3) is 0 Å². The average Bonchev–Trinajstić information content (AvgIpc) is 2.57. The topological polar surface area (TPSA) is 97.3 Å². The molecule has 0 atom stereocenters. The summed E-state index contributed by atoms with van der Waals surface area (Å²) in [5.74, 6) is -2.17. The van der Waals surface area contributed by atoms with E-state index in [0.717, 1.165) is 22.7 Å². The molecule has 27 heavy (non-hydrogen) atoms. The molecule has 0 aromatic heterocycles. The Morgan fingerprint density at radius 3 is 1.19 bits per heavy atom. The third kappa shape index (κ3) is 75.9. The van der Waals surface area contributed by atoms with Gasteiger partial charge in [0.1, 0.15) is 0 Å². The molecule has 0 saturated carbocycles. The van der Waals surface area contributed by atoms with E-state index in [1.54, 1.807) is 8.87 Å². The molecule has 0 spiro atoms. The van der Waals surface area contributed by atoms with Gasteiger partial charge >= 0.3 is 141 Å². The zero-order chi connectivity index (χ0) is 21.9. The number of carbonyl (C=O) groups is 2. The predicted octanol–water partition coefficient (Wildman–Crippen LogP) is 3.65. The van der Waals surface area contributed by atoms with Gasteiger partial charge in [-0.2, -0.15) is 0 Å². The summed E-state index contributed by atoms with van der Waals surface area (Å²) >= 11 is -1.84. The minimum absolute atomic E-state index is 0.149. The third-order valence-electron chi connectivity index (χ3n) is 3.03. The summed E-state index contributed by atoms with van der Waals surface area (Å²) in [7, 11) is 0. The van der Waals surface area contributed by atoms with Crippen LogP contribution in [0.15, 0.2) is 0 Å². The fourth-order valence-electron chi connectivity index (χ4n) is 1.60. The van der Waals surface area contributed by atoms with E-state index in [9.17, 15) is 3.08 Å². The Labute approximate surface area is 185 Å². The molecule has 0 fully saturated rings. The Kier molecular flexibility index (Phi) is 43.7. The minimum atomic E-state index is -1.99. The second-order valence-corrected chi connectivity index (χ2v) is 16.4. The molecule has 0 N–H and O–H groups in total. The summed E-state index contributed by atoms with van der Waals surface area (Å²) in [6.07, 6.45) is 10.6. The Morgan fingerprint density at radius 1 is 0.704 bits per heavy atom. The molecule has 0 aliphatic heterocycles. The van der Waals surface area contributed by atoms with Crippen LogP contribution < -0.4 is 10.2 Å². The number of rotatable bonds is 12. The molecular formula is C20H42O5Sn2. The quantitative estimate of drug-likeness (QED) is 0.252. The first kappa shape index (κ1) is 34.8.